The fraction of sp³-hybridized carbons (Fsp3) is 0.737. The highest BCUT2D eigenvalue weighted by Crippen LogP contribution is 2.25. The van der Waals surface area contributed by atoms with Gasteiger partial charge in [0.15, 0.2) is 0 Å². The van der Waals surface area contributed by atoms with Crippen molar-refractivity contribution >= 4 is 17.8 Å². The van der Waals surface area contributed by atoms with Crippen molar-refractivity contribution in [3.05, 3.63) is 11.8 Å². The third kappa shape index (κ3) is 5.22. The zero-order valence-corrected chi connectivity index (χ0v) is 17.0. The third-order valence-electron chi connectivity index (χ3n) is 4.42. The Balaban J connectivity index is 1.91. The number of anilines is 1. The first kappa shape index (κ1) is 20.3. The van der Waals surface area contributed by atoms with Crippen LogP contribution in [0.15, 0.2) is 6.07 Å². The Morgan fingerprint density at radius 3 is 2.19 bits per heavy atom. The van der Waals surface area contributed by atoms with E-state index in [-0.39, 0.29) is 23.3 Å². The Hall–Kier alpha value is -2.05. The summed E-state index contributed by atoms with van der Waals surface area (Å²) in [6, 6.07) is 1.92. The van der Waals surface area contributed by atoms with Crippen LogP contribution in [0.3, 0.4) is 0 Å². The lowest BCUT2D eigenvalue weighted by molar-refractivity contribution is -0.121. The van der Waals surface area contributed by atoms with Crippen LogP contribution in [0, 0.1) is 5.92 Å². The van der Waals surface area contributed by atoms with Crippen LogP contribution >= 0.6 is 0 Å². The van der Waals surface area contributed by atoms with Crippen molar-refractivity contribution in [2.75, 3.05) is 18.4 Å². The third-order valence-corrected chi connectivity index (χ3v) is 4.42. The average Bonchev–Trinajstić information content (AvgIpc) is 2.87. The van der Waals surface area contributed by atoms with E-state index in [1.54, 1.807) is 9.58 Å². The lowest BCUT2D eigenvalue weighted by Gasteiger charge is -2.32. The van der Waals surface area contributed by atoms with Crippen LogP contribution < -0.4 is 5.32 Å². The predicted octanol–water partition coefficient (Wildman–Crippen LogP) is 3.30. The van der Waals surface area contributed by atoms with Gasteiger partial charge >= 0.3 is 6.09 Å². The van der Waals surface area contributed by atoms with Gasteiger partial charge in [-0.1, -0.05) is 20.8 Å². The number of aromatic nitrogens is 2. The molecule has 1 saturated heterocycles. The maximum atomic E-state index is 12.6. The predicted molar refractivity (Wildman–Crippen MR) is 101 cm³/mol. The van der Waals surface area contributed by atoms with Gasteiger partial charge in [0, 0.05) is 37.5 Å². The minimum Gasteiger partial charge on any atom is -0.444 e. The SMILES string of the molecule is Cn1nc(C(C)(C)C)cc1NC(=O)C1CCN(C(=O)OC(C)(C)C)CC1. The summed E-state index contributed by atoms with van der Waals surface area (Å²) in [7, 11) is 1.83. The lowest BCUT2D eigenvalue weighted by Crippen LogP contribution is -2.43. The van der Waals surface area contributed by atoms with Gasteiger partial charge < -0.3 is 15.0 Å². The molecule has 0 aromatic carbocycles. The molecular weight excluding hydrogens is 332 g/mol. The van der Waals surface area contributed by atoms with E-state index in [2.05, 4.69) is 31.2 Å². The standard InChI is InChI=1S/C19H32N4O3/c1-18(2,3)14-12-15(22(7)21-14)20-16(24)13-8-10-23(11-9-13)17(25)26-19(4,5)6/h12-13H,8-11H2,1-7H3,(H,20,24). The molecule has 0 unspecified atom stereocenters. The van der Waals surface area contributed by atoms with Crippen molar-refractivity contribution in [3.8, 4) is 0 Å². The molecule has 0 saturated carbocycles. The second-order valence-corrected chi connectivity index (χ2v) is 9.02. The Morgan fingerprint density at radius 1 is 1.15 bits per heavy atom. The molecule has 0 atom stereocenters. The first-order valence-corrected chi connectivity index (χ1v) is 9.20. The molecule has 2 heterocycles. The molecule has 1 aliphatic heterocycles. The second-order valence-electron chi connectivity index (χ2n) is 9.02. The summed E-state index contributed by atoms with van der Waals surface area (Å²) in [5, 5.41) is 7.46. The van der Waals surface area contributed by atoms with E-state index in [4.69, 9.17) is 4.74 Å². The Kier molecular flexibility index (Phi) is 5.68. The molecule has 7 nitrogen and oxygen atoms in total. The molecule has 1 aromatic rings. The quantitative estimate of drug-likeness (QED) is 0.873. The van der Waals surface area contributed by atoms with Gasteiger partial charge in [-0.3, -0.25) is 9.48 Å². The van der Waals surface area contributed by atoms with Gasteiger partial charge in [0.25, 0.3) is 0 Å². The van der Waals surface area contributed by atoms with Crippen LogP contribution in [-0.4, -0.2) is 45.4 Å². The summed E-state index contributed by atoms with van der Waals surface area (Å²) >= 11 is 0. The number of hydrogen-bond acceptors (Lipinski definition) is 4. The van der Waals surface area contributed by atoms with Gasteiger partial charge in [0.05, 0.1) is 5.69 Å². The summed E-state index contributed by atoms with van der Waals surface area (Å²) in [4.78, 5) is 26.4. The number of ether oxygens (including phenoxy) is 1. The number of nitrogens with zero attached hydrogens (tertiary/aromatic N) is 3. The van der Waals surface area contributed by atoms with Crippen LogP contribution in [0.4, 0.5) is 10.6 Å². The van der Waals surface area contributed by atoms with Gasteiger partial charge in [-0.25, -0.2) is 4.79 Å². The van der Waals surface area contributed by atoms with Crippen LogP contribution in [0.5, 0.6) is 0 Å². The molecule has 1 fully saturated rings. The minimum absolute atomic E-state index is 0.0164. The Morgan fingerprint density at radius 2 is 1.73 bits per heavy atom. The zero-order valence-electron chi connectivity index (χ0n) is 17.0. The van der Waals surface area contributed by atoms with E-state index in [1.807, 2.05) is 33.9 Å². The molecule has 26 heavy (non-hydrogen) atoms. The molecule has 2 rings (SSSR count). The van der Waals surface area contributed by atoms with Crippen LogP contribution in [0.2, 0.25) is 0 Å². The van der Waals surface area contributed by atoms with E-state index >= 15 is 0 Å². The molecular formula is C19H32N4O3. The second kappa shape index (κ2) is 7.29. The van der Waals surface area contributed by atoms with Crippen molar-refractivity contribution < 1.29 is 14.3 Å². The highest BCUT2D eigenvalue weighted by molar-refractivity contribution is 5.92. The number of likely N-dealkylation sites (tertiary alicyclic amines) is 1. The number of amides is 2. The van der Waals surface area contributed by atoms with Gasteiger partial charge in [0.2, 0.25) is 5.91 Å². The summed E-state index contributed by atoms with van der Waals surface area (Å²) in [6.45, 7) is 12.9. The van der Waals surface area contributed by atoms with E-state index in [0.717, 1.165) is 5.69 Å². The Bertz CT molecular complexity index is 659. The number of aryl methyl sites for hydroxylation is 1. The van der Waals surface area contributed by atoms with Crippen LogP contribution in [0.25, 0.3) is 0 Å². The maximum absolute atomic E-state index is 12.6. The van der Waals surface area contributed by atoms with Crippen molar-refractivity contribution in [1.29, 1.82) is 0 Å². The fourth-order valence-corrected chi connectivity index (χ4v) is 2.83. The number of hydrogen-bond donors (Lipinski definition) is 1. The first-order valence-electron chi connectivity index (χ1n) is 9.20. The van der Waals surface area contributed by atoms with E-state index in [9.17, 15) is 9.59 Å². The molecule has 1 N–H and O–H groups in total. The summed E-state index contributed by atoms with van der Waals surface area (Å²) in [5.74, 6) is 0.577. The molecule has 2 amide bonds. The lowest BCUT2D eigenvalue weighted by atomic mass is 9.92. The number of piperidine rings is 1. The molecule has 0 aliphatic carbocycles. The number of carbonyl (C=O) groups is 2. The van der Waals surface area contributed by atoms with Crippen molar-refractivity contribution in [1.82, 2.24) is 14.7 Å². The molecule has 1 aliphatic rings. The van der Waals surface area contributed by atoms with Gasteiger partial charge in [-0.05, 0) is 33.6 Å². The van der Waals surface area contributed by atoms with E-state index < -0.39 is 5.60 Å². The zero-order chi connectivity index (χ0) is 19.7. The van der Waals surface area contributed by atoms with Crippen molar-refractivity contribution in [3.63, 3.8) is 0 Å². The van der Waals surface area contributed by atoms with E-state index in [0.29, 0.717) is 31.7 Å². The largest absolute Gasteiger partial charge is 0.444 e. The fourth-order valence-electron chi connectivity index (χ4n) is 2.83. The monoisotopic (exact) mass is 364 g/mol. The first-order chi connectivity index (χ1) is 11.9. The number of carbonyl (C=O) groups excluding carboxylic acids is 2. The highest BCUT2D eigenvalue weighted by Gasteiger charge is 2.30. The highest BCUT2D eigenvalue weighted by atomic mass is 16.6. The summed E-state index contributed by atoms with van der Waals surface area (Å²) < 4.78 is 7.10. The van der Waals surface area contributed by atoms with Crippen molar-refractivity contribution in [2.45, 2.75) is 65.4 Å². The van der Waals surface area contributed by atoms with Gasteiger partial charge in [0.1, 0.15) is 11.4 Å². The normalized spacial score (nSPS) is 16.5. The molecule has 7 heteroatoms. The van der Waals surface area contributed by atoms with Gasteiger partial charge in [-0.2, -0.15) is 5.10 Å². The summed E-state index contributed by atoms with van der Waals surface area (Å²) in [5.41, 5.74) is 0.366. The van der Waals surface area contributed by atoms with Crippen LogP contribution in [0.1, 0.15) is 60.1 Å². The molecule has 0 bridgehead atoms. The number of rotatable bonds is 2. The van der Waals surface area contributed by atoms with E-state index in [1.165, 1.54) is 0 Å². The smallest absolute Gasteiger partial charge is 0.410 e. The molecule has 146 valence electrons. The van der Waals surface area contributed by atoms with Gasteiger partial charge in [-0.15, -0.1) is 0 Å². The van der Waals surface area contributed by atoms with Crippen LogP contribution in [-0.2, 0) is 22.0 Å². The average molecular weight is 364 g/mol. The summed E-state index contributed by atoms with van der Waals surface area (Å²) in [6.07, 6.45) is 0.960. The Labute approximate surface area is 156 Å². The minimum atomic E-state index is -0.504. The topological polar surface area (TPSA) is 76.5 Å². The maximum Gasteiger partial charge on any atom is 0.410 e. The number of nitrogens with one attached hydrogen (secondary N) is 1. The molecule has 0 spiro atoms. The van der Waals surface area contributed by atoms with Crippen molar-refractivity contribution in [2.24, 2.45) is 13.0 Å². The molecule has 1 aromatic heterocycles. The molecule has 0 radical (unpaired) electrons.